The van der Waals surface area contributed by atoms with Gasteiger partial charge >= 0.3 is 0 Å². The van der Waals surface area contributed by atoms with Gasteiger partial charge in [-0.2, -0.15) is 10.2 Å². The molecule has 12 heteroatoms. The summed E-state index contributed by atoms with van der Waals surface area (Å²) in [6.45, 7) is 0.248. The topological polar surface area (TPSA) is 116 Å². The van der Waals surface area contributed by atoms with Crippen LogP contribution < -0.4 is 15.4 Å². The Kier molecular flexibility index (Phi) is 6.64. The van der Waals surface area contributed by atoms with Crippen molar-refractivity contribution in [3.05, 3.63) is 82.5 Å². The number of aromatic nitrogens is 4. The third-order valence-corrected chi connectivity index (χ3v) is 5.06. The summed E-state index contributed by atoms with van der Waals surface area (Å²) < 4.78 is 27.2. The molecule has 0 aliphatic heterocycles. The van der Waals surface area contributed by atoms with Crippen LogP contribution >= 0.6 is 11.6 Å². The molecule has 4 aromatic rings. The smallest absolute Gasteiger partial charge is 0.291 e. The van der Waals surface area contributed by atoms with E-state index in [2.05, 4.69) is 20.8 Å². The zero-order valence-corrected chi connectivity index (χ0v) is 19.0. The second-order valence-electron chi connectivity index (χ2n) is 7.32. The minimum Gasteiger partial charge on any atom is -0.484 e. The number of anilines is 1. The van der Waals surface area contributed by atoms with Crippen molar-refractivity contribution in [3.63, 3.8) is 0 Å². The van der Waals surface area contributed by atoms with E-state index in [1.54, 1.807) is 37.2 Å². The van der Waals surface area contributed by atoms with Gasteiger partial charge in [0.25, 0.3) is 11.8 Å². The van der Waals surface area contributed by atoms with E-state index in [1.165, 1.54) is 29.1 Å². The molecule has 3 heterocycles. The number of nitrogens with one attached hydrogen (secondary N) is 2. The Morgan fingerprint density at radius 3 is 2.71 bits per heavy atom. The molecule has 0 fully saturated rings. The molecule has 0 spiro atoms. The summed E-state index contributed by atoms with van der Waals surface area (Å²) in [5.74, 6) is -0.817. The van der Waals surface area contributed by atoms with E-state index in [9.17, 15) is 14.0 Å². The van der Waals surface area contributed by atoms with Crippen molar-refractivity contribution in [2.24, 2.45) is 14.1 Å². The number of carbonyl (C=O) groups excluding carboxylic acids is 2. The zero-order valence-electron chi connectivity index (χ0n) is 18.2. The normalized spacial score (nSPS) is 10.8. The highest BCUT2D eigenvalue weighted by molar-refractivity contribution is 6.32. The van der Waals surface area contributed by atoms with E-state index in [0.29, 0.717) is 5.76 Å². The van der Waals surface area contributed by atoms with Gasteiger partial charge in [-0.1, -0.05) is 11.6 Å². The third-order valence-electron chi connectivity index (χ3n) is 4.76. The monoisotopic (exact) mass is 486 g/mol. The maximum absolute atomic E-state index is 13.1. The predicted molar refractivity (Wildman–Crippen MR) is 120 cm³/mol. The molecule has 0 saturated carbocycles. The van der Waals surface area contributed by atoms with Crippen molar-refractivity contribution in [3.8, 4) is 5.75 Å². The first-order valence-corrected chi connectivity index (χ1v) is 10.4. The molecule has 0 bridgehead atoms. The number of ether oxygens (including phenoxy) is 1. The van der Waals surface area contributed by atoms with Crippen LogP contribution in [0, 0.1) is 5.82 Å². The number of carbonyl (C=O) groups is 2. The number of nitrogens with zero attached hydrogens (tertiary/aromatic N) is 4. The molecule has 2 amide bonds. The summed E-state index contributed by atoms with van der Waals surface area (Å²) in [5.41, 5.74) is 1.23. The van der Waals surface area contributed by atoms with Crippen LogP contribution in [0.3, 0.4) is 0 Å². The molecule has 4 rings (SSSR count). The van der Waals surface area contributed by atoms with Gasteiger partial charge in [0.1, 0.15) is 29.6 Å². The summed E-state index contributed by atoms with van der Waals surface area (Å²) in [6.07, 6.45) is 4.81. The van der Waals surface area contributed by atoms with Gasteiger partial charge in [-0.25, -0.2) is 4.39 Å². The Morgan fingerprint density at radius 2 is 1.97 bits per heavy atom. The maximum Gasteiger partial charge on any atom is 0.291 e. The second-order valence-corrected chi connectivity index (χ2v) is 7.73. The number of rotatable bonds is 8. The van der Waals surface area contributed by atoms with Crippen molar-refractivity contribution in [2.75, 3.05) is 5.32 Å². The van der Waals surface area contributed by atoms with Crippen LogP contribution in [0.2, 0.25) is 5.02 Å². The number of amides is 2. The molecule has 10 nitrogen and oxygen atoms in total. The minimum absolute atomic E-state index is 0.00868. The highest BCUT2D eigenvalue weighted by Gasteiger charge is 2.21. The number of benzene rings is 1. The zero-order chi connectivity index (χ0) is 24.2. The fourth-order valence-electron chi connectivity index (χ4n) is 3.13. The van der Waals surface area contributed by atoms with Gasteiger partial charge in [0.15, 0.2) is 5.76 Å². The van der Waals surface area contributed by atoms with Crippen LogP contribution in [-0.4, -0.2) is 31.4 Å². The Balaban J connectivity index is 1.38. The first-order valence-electron chi connectivity index (χ1n) is 10.1. The van der Waals surface area contributed by atoms with Gasteiger partial charge in [-0.3, -0.25) is 19.0 Å². The van der Waals surface area contributed by atoms with E-state index < -0.39 is 17.6 Å². The number of halogens is 2. The van der Waals surface area contributed by atoms with Gasteiger partial charge in [-0.05, 0) is 30.3 Å². The van der Waals surface area contributed by atoms with Crippen molar-refractivity contribution >= 4 is 29.1 Å². The fraction of sp³-hybridized carbons (Fsp3) is 0.182. The number of hydrogen-bond donors (Lipinski definition) is 2. The van der Waals surface area contributed by atoms with E-state index >= 15 is 0 Å². The Morgan fingerprint density at radius 1 is 1.15 bits per heavy atom. The van der Waals surface area contributed by atoms with Crippen molar-refractivity contribution in [2.45, 2.75) is 13.2 Å². The van der Waals surface area contributed by atoms with E-state index in [4.69, 9.17) is 20.8 Å². The van der Waals surface area contributed by atoms with Crippen LogP contribution in [0.25, 0.3) is 0 Å². The first kappa shape index (κ1) is 23.1. The average Bonchev–Trinajstić information content (AvgIpc) is 3.52. The molecule has 34 heavy (non-hydrogen) atoms. The highest BCUT2D eigenvalue weighted by Crippen LogP contribution is 2.26. The lowest BCUT2D eigenvalue weighted by atomic mass is 10.3. The summed E-state index contributed by atoms with van der Waals surface area (Å²) in [7, 11) is 3.38. The summed E-state index contributed by atoms with van der Waals surface area (Å²) in [4.78, 5) is 25.4. The Bertz CT molecular complexity index is 1340. The summed E-state index contributed by atoms with van der Waals surface area (Å²) in [5, 5.41) is 13.6. The maximum atomic E-state index is 13.1. The van der Waals surface area contributed by atoms with Crippen molar-refractivity contribution < 1.29 is 23.1 Å². The molecule has 0 saturated heterocycles. The molecular weight excluding hydrogens is 467 g/mol. The van der Waals surface area contributed by atoms with E-state index in [0.717, 1.165) is 11.6 Å². The van der Waals surface area contributed by atoms with Crippen LogP contribution in [-0.2, 0) is 27.2 Å². The molecule has 176 valence electrons. The Labute approximate surface area is 198 Å². The predicted octanol–water partition coefficient (Wildman–Crippen LogP) is 3.30. The van der Waals surface area contributed by atoms with Gasteiger partial charge in [0.05, 0.1) is 23.1 Å². The van der Waals surface area contributed by atoms with Crippen LogP contribution in [0.5, 0.6) is 5.75 Å². The van der Waals surface area contributed by atoms with E-state index in [1.807, 2.05) is 0 Å². The minimum atomic E-state index is -0.569. The largest absolute Gasteiger partial charge is 0.484 e. The Hall–Kier alpha value is -4.12. The average molecular weight is 487 g/mol. The number of aryl methyl sites for hydroxylation is 2. The molecular formula is C22H20ClFN6O4. The number of furan rings is 1. The summed E-state index contributed by atoms with van der Waals surface area (Å²) in [6, 6.07) is 6.80. The SMILES string of the molecule is Cn1cc(CNC(=O)c2c(NC(=O)c3ccc(COc4ccc(F)cc4Cl)o3)cnn2C)cn1. The fourth-order valence-corrected chi connectivity index (χ4v) is 3.35. The van der Waals surface area contributed by atoms with Crippen molar-refractivity contribution in [1.82, 2.24) is 24.9 Å². The lowest BCUT2D eigenvalue weighted by molar-refractivity contribution is 0.0942. The van der Waals surface area contributed by atoms with Gasteiger partial charge in [0.2, 0.25) is 0 Å². The lowest BCUT2D eigenvalue weighted by Crippen LogP contribution is -2.26. The van der Waals surface area contributed by atoms with Gasteiger partial charge in [-0.15, -0.1) is 0 Å². The molecule has 0 unspecified atom stereocenters. The molecule has 0 atom stereocenters. The molecule has 2 N–H and O–H groups in total. The standard InChI is InChI=1S/C22H20ClFN6O4/c1-29-11-13(9-26-29)8-25-22(32)20-17(10-27-30(20)2)28-21(31)19-6-4-15(34-19)12-33-18-5-3-14(24)7-16(18)23/h3-7,9-11H,8,12H2,1-2H3,(H,25,32)(H,28,31). The summed E-state index contributed by atoms with van der Waals surface area (Å²) >= 11 is 5.94. The van der Waals surface area contributed by atoms with Crippen LogP contribution in [0.1, 0.15) is 32.4 Å². The molecule has 0 aliphatic rings. The highest BCUT2D eigenvalue weighted by atomic mass is 35.5. The number of hydrogen-bond acceptors (Lipinski definition) is 6. The molecule has 0 aliphatic carbocycles. The van der Waals surface area contributed by atoms with E-state index in [-0.39, 0.29) is 41.1 Å². The second kappa shape index (κ2) is 9.79. The third kappa shape index (κ3) is 5.26. The van der Waals surface area contributed by atoms with Gasteiger partial charge < -0.3 is 19.8 Å². The molecule has 0 radical (unpaired) electrons. The van der Waals surface area contributed by atoms with Crippen molar-refractivity contribution in [1.29, 1.82) is 0 Å². The van der Waals surface area contributed by atoms with Gasteiger partial charge in [0, 0.05) is 32.4 Å². The molecule has 1 aromatic carbocycles. The molecule has 3 aromatic heterocycles. The van der Waals surface area contributed by atoms with Crippen LogP contribution in [0.4, 0.5) is 10.1 Å². The quantitative estimate of drug-likeness (QED) is 0.395. The van der Waals surface area contributed by atoms with Crippen LogP contribution in [0.15, 0.2) is 53.3 Å². The first-order chi connectivity index (χ1) is 16.3. The lowest BCUT2D eigenvalue weighted by Gasteiger charge is -2.08.